The lowest BCUT2D eigenvalue weighted by Gasteiger charge is -2.35. The highest BCUT2D eigenvalue weighted by molar-refractivity contribution is 5.74. The molecule has 0 saturated carbocycles. The van der Waals surface area contributed by atoms with Crippen LogP contribution in [0.5, 0.6) is 0 Å². The zero-order chi connectivity index (χ0) is 11.8. The molecule has 0 bridgehead atoms. The molecule has 0 amide bonds. The molecule has 2 unspecified atom stereocenters. The molecular weight excluding hydrogens is 202 g/mol. The second-order valence-corrected chi connectivity index (χ2v) is 4.87. The number of hydrogen-bond acceptors (Lipinski definition) is 2. The Hall–Kier alpha value is -1.35. The van der Waals surface area contributed by atoms with E-state index in [1.165, 1.54) is 11.1 Å². The Kier molecular flexibility index (Phi) is 2.72. The minimum atomic E-state index is -0.793. The van der Waals surface area contributed by atoms with Crippen molar-refractivity contribution in [2.75, 3.05) is 6.54 Å². The Bertz CT molecular complexity index is 416. The van der Waals surface area contributed by atoms with Gasteiger partial charge in [0, 0.05) is 6.54 Å². The van der Waals surface area contributed by atoms with Gasteiger partial charge in [0.25, 0.3) is 0 Å². The van der Waals surface area contributed by atoms with Gasteiger partial charge in [-0.05, 0) is 36.8 Å². The molecule has 0 radical (unpaired) electrons. The van der Waals surface area contributed by atoms with Crippen LogP contribution in [-0.2, 0) is 11.2 Å². The number of hydrogen-bond donors (Lipinski definition) is 2. The SMILES string of the molecule is CC(CN)(CC1Cc2ccccc21)C(=O)O. The van der Waals surface area contributed by atoms with E-state index in [4.69, 9.17) is 10.8 Å². The van der Waals surface area contributed by atoms with Crippen LogP contribution in [0.3, 0.4) is 0 Å². The molecule has 0 saturated heterocycles. The van der Waals surface area contributed by atoms with Gasteiger partial charge in [0.2, 0.25) is 0 Å². The smallest absolute Gasteiger partial charge is 0.310 e. The molecule has 1 aromatic carbocycles. The van der Waals surface area contributed by atoms with Crippen LogP contribution < -0.4 is 5.73 Å². The molecule has 2 atom stereocenters. The van der Waals surface area contributed by atoms with E-state index in [1.807, 2.05) is 12.1 Å². The number of benzene rings is 1. The zero-order valence-electron chi connectivity index (χ0n) is 9.44. The average molecular weight is 219 g/mol. The maximum atomic E-state index is 11.2. The first-order valence-electron chi connectivity index (χ1n) is 5.58. The van der Waals surface area contributed by atoms with Crippen LogP contribution in [0.25, 0.3) is 0 Å². The van der Waals surface area contributed by atoms with Crippen molar-refractivity contribution in [1.29, 1.82) is 0 Å². The van der Waals surface area contributed by atoms with Crippen molar-refractivity contribution < 1.29 is 9.90 Å². The van der Waals surface area contributed by atoms with Gasteiger partial charge in [0.15, 0.2) is 0 Å². The Balaban J connectivity index is 2.11. The van der Waals surface area contributed by atoms with Crippen molar-refractivity contribution in [3.05, 3.63) is 35.4 Å². The molecule has 1 aliphatic carbocycles. The third-order valence-corrected chi connectivity index (χ3v) is 3.62. The Morgan fingerprint density at radius 3 is 2.81 bits per heavy atom. The van der Waals surface area contributed by atoms with Crippen molar-refractivity contribution in [1.82, 2.24) is 0 Å². The molecule has 0 spiro atoms. The topological polar surface area (TPSA) is 63.3 Å². The number of carboxylic acid groups (broad SMARTS) is 1. The maximum absolute atomic E-state index is 11.2. The lowest BCUT2D eigenvalue weighted by Crippen LogP contribution is -2.38. The summed E-state index contributed by atoms with van der Waals surface area (Å²) in [6.07, 6.45) is 1.62. The number of nitrogens with two attached hydrogens (primary N) is 1. The van der Waals surface area contributed by atoms with Gasteiger partial charge in [-0.15, -0.1) is 0 Å². The summed E-state index contributed by atoms with van der Waals surface area (Å²) in [4.78, 5) is 11.2. The number of carbonyl (C=O) groups is 1. The molecule has 1 aliphatic rings. The normalized spacial score (nSPS) is 21.8. The van der Waals surface area contributed by atoms with E-state index in [-0.39, 0.29) is 6.54 Å². The molecule has 0 fully saturated rings. The van der Waals surface area contributed by atoms with Crippen LogP contribution in [0.2, 0.25) is 0 Å². The molecule has 16 heavy (non-hydrogen) atoms. The van der Waals surface area contributed by atoms with Crippen molar-refractivity contribution in [3.8, 4) is 0 Å². The highest BCUT2D eigenvalue weighted by Crippen LogP contribution is 2.42. The lowest BCUT2D eigenvalue weighted by atomic mass is 9.69. The first kappa shape index (κ1) is 11.1. The van der Waals surface area contributed by atoms with E-state index in [2.05, 4.69) is 12.1 Å². The molecule has 3 N–H and O–H groups in total. The lowest BCUT2D eigenvalue weighted by molar-refractivity contribution is -0.148. The first-order chi connectivity index (χ1) is 7.57. The summed E-state index contributed by atoms with van der Waals surface area (Å²) in [7, 11) is 0. The Morgan fingerprint density at radius 1 is 1.56 bits per heavy atom. The number of rotatable bonds is 4. The maximum Gasteiger partial charge on any atom is 0.310 e. The molecule has 3 nitrogen and oxygen atoms in total. The van der Waals surface area contributed by atoms with Gasteiger partial charge >= 0.3 is 5.97 Å². The first-order valence-corrected chi connectivity index (χ1v) is 5.58. The molecule has 1 aromatic rings. The van der Waals surface area contributed by atoms with Gasteiger partial charge in [-0.3, -0.25) is 4.79 Å². The molecule has 2 rings (SSSR count). The summed E-state index contributed by atoms with van der Waals surface area (Å²) in [6, 6.07) is 8.22. The summed E-state index contributed by atoms with van der Waals surface area (Å²) in [5, 5.41) is 9.17. The average Bonchev–Trinajstić information content (AvgIpc) is 2.25. The van der Waals surface area contributed by atoms with Crippen LogP contribution in [0.1, 0.15) is 30.4 Å². The Morgan fingerprint density at radius 2 is 2.25 bits per heavy atom. The summed E-state index contributed by atoms with van der Waals surface area (Å²) in [5.74, 6) is -0.430. The van der Waals surface area contributed by atoms with Crippen LogP contribution in [-0.4, -0.2) is 17.6 Å². The third-order valence-electron chi connectivity index (χ3n) is 3.62. The van der Waals surface area contributed by atoms with Crippen LogP contribution in [0, 0.1) is 5.41 Å². The van der Waals surface area contributed by atoms with E-state index < -0.39 is 11.4 Å². The predicted molar refractivity (Wildman–Crippen MR) is 62.3 cm³/mol. The summed E-state index contributed by atoms with van der Waals surface area (Å²) < 4.78 is 0. The molecule has 0 aromatic heterocycles. The minimum absolute atomic E-state index is 0.195. The van der Waals surface area contributed by atoms with Crippen molar-refractivity contribution in [2.45, 2.75) is 25.7 Å². The van der Waals surface area contributed by atoms with E-state index in [1.54, 1.807) is 6.92 Å². The van der Waals surface area contributed by atoms with Gasteiger partial charge in [0.1, 0.15) is 0 Å². The minimum Gasteiger partial charge on any atom is -0.481 e. The van der Waals surface area contributed by atoms with Gasteiger partial charge in [0.05, 0.1) is 5.41 Å². The fourth-order valence-corrected chi connectivity index (χ4v) is 2.35. The highest BCUT2D eigenvalue weighted by Gasteiger charge is 2.38. The number of aliphatic carboxylic acids is 1. The van der Waals surface area contributed by atoms with E-state index >= 15 is 0 Å². The second kappa shape index (κ2) is 3.91. The summed E-state index contributed by atoms with van der Waals surface area (Å²) in [5.41, 5.74) is 7.42. The van der Waals surface area contributed by atoms with Crippen LogP contribution in [0.15, 0.2) is 24.3 Å². The quantitative estimate of drug-likeness (QED) is 0.811. The molecule has 86 valence electrons. The second-order valence-electron chi connectivity index (χ2n) is 4.87. The fourth-order valence-electron chi connectivity index (χ4n) is 2.35. The van der Waals surface area contributed by atoms with Crippen LogP contribution in [0.4, 0.5) is 0 Å². The van der Waals surface area contributed by atoms with E-state index in [0.29, 0.717) is 12.3 Å². The third kappa shape index (κ3) is 1.71. The Labute approximate surface area is 95.3 Å². The molecular formula is C13H17NO2. The molecule has 3 heteroatoms. The standard InChI is InChI=1S/C13H17NO2/c1-13(8-14,12(15)16)7-10-6-9-4-2-3-5-11(9)10/h2-5,10H,6-8,14H2,1H3,(H,15,16). The largest absolute Gasteiger partial charge is 0.481 e. The van der Waals surface area contributed by atoms with Crippen molar-refractivity contribution >= 4 is 5.97 Å². The number of carboxylic acids is 1. The molecule has 0 aliphatic heterocycles. The van der Waals surface area contributed by atoms with Gasteiger partial charge < -0.3 is 10.8 Å². The fraction of sp³-hybridized carbons (Fsp3) is 0.462. The summed E-state index contributed by atoms with van der Waals surface area (Å²) in [6.45, 7) is 1.93. The zero-order valence-corrected chi connectivity index (χ0v) is 9.44. The molecule has 0 heterocycles. The predicted octanol–water partition coefficient (Wildman–Crippen LogP) is 1.77. The van der Waals surface area contributed by atoms with Gasteiger partial charge in [-0.2, -0.15) is 0 Å². The van der Waals surface area contributed by atoms with Crippen molar-refractivity contribution in [2.24, 2.45) is 11.1 Å². The highest BCUT2D eigenvalue weighted by atomic mass is 16.4. The van der Waals surface area contributed by atoms with Gasteiger partial charge in [-0.25, -0.2) is 0 Å². The van der Waals surface area contributed by atoms with Gasteiger partial charge in [-0.1, -0.05) is 24.3 Å². The van der Waals surface area contributed by atoms with E-state index in [9.17, 15) is 4.79 Å². The monoisotopic (exact) mass is 219 g/mol. The number of fused-ring (bicyclic) bond motifs is 1. The summed E-state index contributed by atoms with van der Waals surface area (Å²) >= 11 is 0. The van der Waals surface area contributed by atoms with Crippen LogP contribution >= 0.6 is 0 Å². The van der Waals surface area contributed by atoms with Crippen molar-refractivity contribution in [3.63, 3.8) is 0 Å². The van der Waals surface area contributed by atoms with E-state index in [0.717, 1.165) is 6.42 Å².